The van der Waals surface area contributed by atoms with Crippen LogP contribution >= 0.6 is 0 Å². The number of nitrogens with zero attached hydrogens (tertiary/aromatic N) is 1. The van der Waals surface area contributed by atoms with E-state index in [4.69, 9.17) is 0 Å². The lowest BCUT2D eigenvalue weighted by Gasteiger charge is -2.37. The van der Waals surface area contributed by atoms with Crippen molar-refractivity contribution in [3.05, 3.63) is 35.9 Å². The fourth-order valence-electron chi connectivity index (χ4n) is 2.70. The van der Waals surface area contributed by atoms with E-state index in [2.05, 4.69) is 50.2 Å². The third-order valence-electron chi connectivity index (χ3n) is 3.69. The van der Waals surface area contributed by atoms with E-state index in [-0.39, 0.29) is 12.1 Å². The van der Waals surface area contributed by atoms with Gasteiger partial charge in [-0.1, -0.05) is 37.3 Å². The first-order chi connectivity index (χ1) is 9.54. The highest BCUT2D eigenvalue weighted by atomic mass is 16.3. The molecule has 0 spiro atoms. The van der Waals surface area contributed by atoms with E-state index in [0.717, 1.165) is 25.9 Å². The van der Waals surface area contributed by atoms with Crippen LogP contribution in [0, 0.1) is 0 Å². The number of aliphatic hydroxyl groups excluding tert-OH is 1. The number of hydrogen-bond donors (Lipinski definition) is 2. The fraction of sp³-hybridized carbons (Fsp3) is 0.647. The second-order valence-electron chi connectivity index (χ2n) is 5.96. The van der Waals surface area contributed by atoms with Crippen molar-refractivity contribution in [1.29, 1.82) is 0 Å². The molecule has 114 valence electrons. The van der Waals surface area contributed by atoms with Crippen LogP contribution in [0.15, 0.2) is 30.3 Å². The van der Waals surface area contributed by atoms with E-state index in [0.29, 0.717) is 6.04 Å². The monoisotopic (exact) mass is 278 g/mol. The lowest BCUT2D eigenvalue weighted by molar-refractivity contribution is 0.128. The summed E-state index contributed by atoms with van der Waals surface area (Å²) >= 11 is 0. The molecule has 20 heavy (non-hydrogen) atoms. The molecule has 0 bridgehead atoms. The summed E-state index contributed by atoms with van der Waals surface area (Å²) in [6, 6.07) is 10.6. The SMILES string of the molecule is CCCN(C)CCC(CO)(NC(C)C)c1ccccc1. The van der Waals surface area contributed by atoms with Crippen LogP contribution in [0.3, 0.4) is 0 Å². The van der Waals surface area contributed by atoms with Gasteiger partial charge < -0.3 is 15.3 Å². The Labute approximate surface area is 124 Å². The zero-order valence-electron chi connectivity index (χ0n) is 13.4. The van der Waals surface area contributed by atoms with E-state index in [1.807, 2.05) is 18.2 Å². The molecule has 3 heteroatoms. The van der Waals surface area contributed by atoms with Crippen LogP contribution in [-0.4, -0.2) is 42.8 Å². The largest absolute Gasteiger partial charge is 0.394 e. The average molecular weight is 278 g/mol. The smallest absolute Gasteiger partial charge is 0.0683 e. The first kappa shape index (κ1) is 17.2. The van der Waals surface area contributed by atoms with Crippen molar-refractivity contribution in [3.63, 3.8) is 0 Å². The van der Waals surface area contributed by atoms with Gasteiger partial charge in [-0.3, -0.25) is 0 Å². The maximum atomic E-state index is 10.0. The van der Waals surface area contributed by atoms with Gasteiger partial charge in [-0.15, -0.1) is 0 Å². The van der Waals surface area contributed by atoms with Crippen molar-refractivity contribution in [1.82, 2.24) is 10.2 Å². The van der Waals surface area contributed by atoms with Crippen molar-refractivity contribution in [3.8, 4) is 0 Å². The normalized spacial score (nSPS) is 14.8. The first-order valence-electron chi connectivity index (χ1n) is 7.66. The number of hydrogen-bond acceptors (Lipinski definition) is 3. The van der Waals surface area contributed by atoms with Crippen molar-refractivity contribution >= 4 is 0 Å². The Hall–Kier alpha value is -0.900. The Balaban J connectivity index is 2.88. The van der Waals surface area contributed by atoms with E-state index < -0.39 is 0 Å². The van der Waals surface area contributed by atoms with Gasteiger partial charge in [-0.05, 0) is 45.8 Å². The molecule has 1 atom stereocenters. The number of benzene rings is 1. The van der Waals surface area contributed by atoms with Crippen LogP contribution in [0.2, 0.25) is 0 Å². The van der Waals surface area contributed by atoms with Gasteiger partial charge in [-0.2, -0.15) is 0 Å². The molecule has 1 unspecified atom stereocenters. The van der Waals surface area contributed by atoms with E-state index in [1.54, 1.807) is 0 Å². The van der Waals surface area contributed by atoms with Crippen LogP contribution < -0.4 is 5.32 Å². The Kier molecular flexibility index (Phi) is 7.20. The van der Waals surface area contributed by atoms with E-state index in [1.165, 1.54) is 5.56 Å². The Morgan fingerprint density at radius 2 is 1.85 bits per heavy atom. The van der Waals surface area contributed by atoms with Crippen molar-refractivity contribution in [2.24, 2.45) is 0 Å². The Morgan fingerprint density at radius 3 is 2.35 bits per heavy atom. The molecular weight excluding hydrogens is 248 g/mol. The molecule has 3 nitrogen and oxygen atoms in total. The summed E-state index contributed by atoms with van der Waals surface area (Å²) in [7, 11) is 2.14. The molecule has 1 rings (SSSR count). The molecule has 0 aromatic heterocycles. The zero-order chi connectivity index (χ0) is 15.0. The summed E-state index contributed by atoms with van der Waals surface area (Å²) in [4.78, 5) is 2.33. The lowest BCUT2D eigenvalue weighted by Crippen LogP contribution is -2.50. The predicted molar refractivity (Wildman–Crippen MR) is 85.9 cm³/mol. The predicted octanol–water partition coefficient (Wildman–Crippen LogP) is 2.60. The molecule has 0 aliphatic carbocycles. The van der Waals surface area contributed by atoms with Gasteiger partial charge in [0, 0.05) is 12.6 Å². The molecule has 0 heterocycles. The van der Waals surface area contributed by atoms with Gasteiger partial charge in [0.15, 0.2) is 0 Å². The number of rotatable bonds is 9. The molecule has 0 amide bonds. The maximum Gasteiger partial charge on any atom is 0.0683 e. The van der Waals surface area contributed by atoms with Crippen LogP contribution in [-0.2, 0) is 5.54 Å². The van der Waals surface area contributed by atoms with Crippen LogP contribution in [0.5, 0.6) is 0 Å². The quantitative estimate of drug-likeness (QED) is 0.729. The minimum atomic E-state index is -0.350. The van der Waals surface area contributed by atoms with Gasteiger partial charge in [0.2, 0.25) is 0 Å². The molecule has 0 aliphatic rings. The lowest BCUT2D eigenvalue weighted by atomic mass is 9.86. The van der Waals surface area contributed by atoms with Crippen molar-refractivity contribution in [2.75, 3.05) is 26.7 Å². The number of aliphatic hydroxyl groups is 1. The summed E-state index contributed by atoms with van der Waals surface area (Å²) in [6.07, 6.45) is 2.06. The van der Waals surface area contributed by atoms with Gasteiger partial charge >= 0.3 is 0 Å². The van der Waals surface area contributed by atoms with E-state index in [9.17, 15) is 5.11 Å². The molecule has 0 aliphatic heterocycles. The Morgan fingerprint density at radius 1 is 1.20 bits per heavy atom. The molecule has 0 fully saturated rings. The topological polar surface area (TPSA) is 35.5 Å². The summed E-state index contributed by atoms with van der Waals surface area (Å²) in [5, 5.41) is 13.6. The third-order valence-corrected chi connectivity index (χ3v) is 3.69. The van der Waals surface area contributed by atoms with Gasteiger partial charge in [0.1, 0.15) is 0 Å². The van der Waals surface area contributed by atoms with E-state index >= 15 is 0 Å². The van der Waals surface area contributed by atoms with Gasteiger partial charge in [0.25, 0.3) is 0 Å². The third kappa shape index (κ3) is 4.89. The Bertz CT molecular complexity index is 367. The summed E-state index contributed by atoms with van der Waals surface area (Å²) in [6.45, 7) is 8.64. The molecule has 1 aromatic rings. The van der Waals surface area contributed by atoms with Gasteiger partial charge in [-0.25, -0.2) is 0 Å². The second kappa shape index (κ2) is 8.40. The minimum Gasteiger partial charge on any atom is -0.394 e. The highest BCUT2D eigenvalue weighted by Crippen LogP contribution is 2.25. The van der Waals surface area contributed by atoms with Crippen molar-refractivity contribution < 1.29 is 5.11 Å². The van der Waals surface area contributed by atoms with Gasteiger partial charge in [0.05, 0.1) is 12.1 Å². The van der Waals surface area contributed by atoms with Crippen LogP contribution in [0.1, 0.15) is 39.2 Å². The minimum absolute atomic E-state index is 0.120. The molecule has 0 saturated heterocycles. The zero-order valence-corrected chi connectivity index (χ0v) is 13.4. The molecule has 0 saturated carbocycles. The fourth-order valence-corrected chi connectivity index (χ4v) is 2.70. The van der Waals surface area contributed by atoms with Crippen LogP contribution in [0.4, 0.5) is 0 Å². The summed E-state index contributed by atoms with van der Waals surface area (Å²) < 4.78 is 0. The second-order valence-corrected chi connectivity index (χ2v) is 5.96. The standard InChI is InChI=1S/C17H30N2O/c1-5-12-19(4)13-11-17(14-20,18-15(2)3)16-9-7-6-8-10-16/h6-10,15,18,20H,5,11-14H2,1-4H3. The summed E-state index contributed by atoms with van der Waals surface area (Å²) in [5.41, 5.74) is 0.818. The highest BCUT2D eigenvalue weighted by molar-refractivity contribution is 5.25. The summed E-state index contributed by atoms with van der Waals surface area (Å²) in [5.74, 6) is 0. The highest BCUT2D eigenvalue weighted by Gasteiger charge is 2.31. The molecule has 1 aromatic carbocycles. The molecule has 0 radical (unpaired) electrons. The first-order valence-corrected chi connectivity index (χ1v) is 7.66. The maximum absolute atomic E-state index is 10.0. The van der Waals surface area contributed by atoms with Crippen LogP contribution in [0.25, 0.3) is 0 Å². The number of nitrogens with one attached hydrogen (secondary N) is 1. The average Bonchev–Trinajstić information content (AvgIpc) is 2.44. The van der Waals surface area contributed by atoms with Crippen molar-refractivity contribution in [2.45, 2.75) is 45.2 Å². The molecule has 2 N–H and O–H groups in total. The molecular formula is C17H30N2O.